The maximum atomic E-state index is 13.4. The number of halogens is 1. The third kappa shape index (κ3) is 1.57. The van der Waals surface area contributed by atoms with E-state index in [2.05, 4.69) is 13.8 Å². The molecule has 1 atom stereocenters. The van der Waals surface area contributed by atoms with Crippen LogP contribution in [0.4, 0.5) is 4.39 Å². The summed E-state index contributed by atoms with van der Waals surface area (Å²) in [4.78, 5) is 12.1. The lowest BCUT2D eigenvalue weighted by Crippen LogP contribution is -2.04. The van der Waals surface area contributed by atoms with E-state index in [1.165, 1.54) is 6.07 Å². The number of rotatable bonds is 2. The van der Waals surface area contributed by atoms with E-state index in [0.717, 1.165) is 6.42 Å². The zero-order chi connectivity index (χ0) is 12.2. The minimum absolute atomic E-state index is 0.00870. The van der Waals surface area contributed by atoms with E-state index < -0.39 is 5.82 Å². The van der Waals surface area contributed by atoms with E-state index in [1.54, 1.807) is 18.2 Å². The van der Waals surface area contributed by atoms with Gasteiger partial charge >= 0.3 is 0 Å². The summed E-state index contributed by atoms with van der Waals surface area (Å²) in [5.74, 6) is -0.131. The first-order valence-electron chi connectivity index (χ1n) is 5.71. The normalized spacial score (nSPS) is 21.7. The number of fused-ring (bicyclic) bond motifs is 1. The number of ketones is 1. The van der Waals surface area contributed by atoms with Gasteiger partial charge in [0.1, 0.15) is 0 Å². The van der Waals surface area contributed by atoms with E-state index in [1.807, 2.05) is 0 Å². The Labute approximate surface area is 98.4 Å². The highest BCUT2D eigenvalue weighted by molar-refractivity contribution is 6.01. The summed E-state index contributed by atoms with van der Waals surface area (Å²) in [7, 11) is 0. The van der Waals surface area contributed by atoms with Crippen LogP contribution < -0.4 is 0 Å². The summed E-state index contributed by atoms with van der Waals surface area (Å²) in [6, 6.07) is 6.33. The third-order valence-corrected chi connectivity index (χ3v) is 3.57. The maximum Gasteiger partial charge on any atom is 0.201 e. The predicted octanol–water partition coefficient (Wildman–Crippen LogP) is 3.80. The van der Waals surface area contributed by atoms with Crippen LogP contribution in [0.3, 0.4) is 0 Å². The molecule has 0 saturated heterocycles. The number of furan rings is 1. The average molecular weight is 232 g/mol. The van der Waals surface area contributed by atoms with Gasteiger partial charge in [-0.25, -0.2) is 4.39 Å². The monoisotopic (exact) mass is 232 g/mol. The summed E-state index contributed by atoms with van der Waals surface area (Å²) in [5, 5.41) is 0.645. The van der Waals surface area contributed by atoms with Gasteiger partial charge in [-0.3, -0.25) is 4.79 Å². The highest BCUT2D eigenvalue weighted by Gasteiger charge is 2.51. The second-order valence-corrected chi connectivity index (χ2v) is 5.38. The number of benzene rings is 1. The maximum absolute atomic E-state index is 13.4. The number of para-hydroxylation sites is 1. The fraction of sp³-hybridized carbons (Fsp3) is 0.357. The molecule has 17 heavy (non-hydrogen) atoms. The van der Waals surface area contributed by atoms with E-state index >= 15 is 0 Å². The molecular weight excluding hydrogens is 219 g/mol. The molecule has 1 aromatic heterocycles. The van der Waals surface area contributed by atoms with Crippen molar-refractivity contribution in [1.82, 2.24) is 0 Å². The van der Waals surface area contributed by atoms with Crippen LogP contribution >= 0.6 is 0 Å². The topological polar surface area (TPSA) is 30.2 Å². The van der Waals surface area contributed by atoms with Gasteiger partial charge in [-0.2, -0.15) is 0 Å². The lowest BCUT2D eigenvalue weighted by Gasteiger charge is -1.99. The zero-order valence-corrected chi connectivity index (χ0v) is 9.79. The van der Waals surface area contributed by atoms with Crippen molar-refractivity contribution in [3.8, 4) is 0 Å². The molecule has 1 aromatic carbocycles. The molecule has 1 unspecified atom stereocenters. The van der Waals surface area contributed by atoms with Crippen LogP contribution in [-0.4, -0.2) is 5.78 Å². The Bertz CT molecular complexity index is 610. The van der Waals surface area contributed by atoms with Crippen molar-refractivity contribution < 1.29 is 13.6 Å². The molecule has 1 saturated carbocycles. The van der Waals surface area contributed by atoms with Crippen molar-refractivity contribution in [1.29, 1.82) is 0 Å². The van der Waals surface area contributed by atoms with Crippen molar-refractivity contribution >= 4 is 16.8 Å². The van der Waals surface area contributed by atoms with Crippen LogP contribution in [0.15, 0.2) is 28.7 Å². The Kier molecular flexibility index (Phi) is 1.97. The highest BCUT2D eigenvalue weighted by Crippen LogP contribution is 2.53. The van der Waals surface area contributed by atoms with Crippen molar-refractivity contribution in [2.24, 2.45) is 11.3 Å². The van der Waals surface area contributed by atoms with Gasteiger partial charge in [-0.15, -0.1) is 0 Å². The van der Waals surface area contributed by atoms with Gasteiger partial charge in [0, 0.05) is 11.3 Å². The average Bonchev–Trinajstić information content (AvgIpc) is 2.75. The summed E-state index contributed by atoms with van der Waals surface area (Å²) >= 11 is 0. The Morgan fingerprint density at radius 1 is 1.47 bits per heavy atom. The molecule has 1 aliphatic carbocycles. The molecule has 88 valence electrons. The minimum Gasteiger partial charge on any atom is -0.450 e. The predicted molar refractivity (Wildman–Crippen MR) is 62.4 cm³/mol. The van der Waals surface area contributed by atoms with E-state index in [-0.39, 0.29) is 28.5 Å². The fourth-order valence-electron chi connectivity index (χ4n) is 2.24. The molecular formula is C14H13FO2. The molecule has 2 nitrogen and oxygen atoms in total. The Morgan fingerprint density at radius 2 is 2.18 bits per heavy atom. The third-order valence-electron chi connectivity index (χ3n) is 3.57. The molecule has 0 amide bonds. The van der Waals surface area contributed by atoms with Crippen LogP contribution in [0.1, 0.15) is 30.8 Å². The van der Waals surface area contributed by atoms with Crippen molar-refractivity contribution in [2.45, 2.75) is 20.3 Å². The Balaban J connectivity index is 2.02. The molecule has 3 heteroatoms. The fourth-order valence-corrected chi connectivity index (χ4v) is 2.24. The first-order valence-corrected chi connectivity index (χ1v) is 5.71. The molecule has 1 heterocycles. The number of hydrogen-bond donors (Lipinski definition) is 0. The number of carbonyl (C=O) groups is 1. The van der Waals surface area contributed by atoms with Crippen LogP contribution in [0.5, 0.6) is 0 Å². The van der Waals surface area contributed by atoms with Gasteiger partial charge < -0.3 is 4.42 Å². The van der Waals surface area contributed by atoms with E-state index in [0.29, 0.717) is 5.39 Å². The van der Waals surface area contributed by atoms with Crippen molar-refractivity contribution in [2.75, 3.05) is 0 Å². The summed E-state index contributed by atoms with van der Waals surface area (Å²) in [5.41, 5.74) is 0.239. The van der Waals surface area contributed by atoms with Crippen molar-refractivity contribution in [3.05, 3.63) is 35.8 Å². The van der Waals surface area contributed by atoms with Crippen molar-refractivity contribution in [3.63, 3.8) is 0 Å². The molecule has 0 N–H and O–H groups in total. The standard InChI is InChI=1S/C14H13FO2/c1-14(2)7-9(14)12(16)11-6-8-4-3-5-10(15)13(8)17-11/h3-6,9H,7H2,1-2H3. The van der Waals surface area contributed by atoms with Gasteiger partial charge in [-0.05, 0) is 24.0 Å². The second-order valence-electron chi connectivity index (χ2n) is 5.38. The summed E-state index contributed by atoms with van der Waals surface area (Å²) < 4.78 is 18.8. The van der Waals surface area contributed by atoms with Crippen LogP contribution in [0.2, 0.25) is 0 Å². The first kappa shape index (κ1) is 10.5. The lowest BCUT2D eigenvalue weighted by molar-refractivity contribution is 0.0927. The Hall–Kier alpha value is -1.64. The number of Topliss-reactive ketones (excluding diaryl/α,β-unsaturated/α-hetero) is 1. The Morgan fingerprint density at radius 3 is 2.76 bits per heavy atom. The SMILES string of the molecule is CC1(C)CC1C(=O)c1cc2cccc(F)c2o1. The molecule has 3 rings (SSSR count). The van der Waals surface area contributed by atoms with E-state index in [4.69, 9.17) is 4.42 Å². The largest absolute Gasteiger partial charge is 0.450 e. The van der Waals surface area contributed by atoms with Gasteiger partial charge in [-0.1, -0.05) is 26.0 Å². The van der Waals surface area contributed by atoms with Crippen LogP contribution in [0, 0.1) is 17.2 Å². The molecule has 1 aliphatic rings. The molecule has 2 aromatic rings. The molecule has 0 radical (unpaired) electrons. The number of carbonyl (C=O) groups excluding carboxylic acids is 1. The van der Waals surface area contributed by atoms with Gasteiger partial charge in [0.05, 0.1) is 0 Å². The molecule has 0 bridgehead atoms. The molecule has 1 fully saturated rings. The van der Waals surface area contributed by atoms with Gasteiger partial charge in [0.15, 0.2) is 17.2 Å². The van der Waals surface area contributed by atoms with Crippen LogP contribution in [0.25, 0.3) is 11.0 Å². The summed E-state index contributed by atoms with van der Waals surface area (Å²) in [6.45, 7) is 4.11. The first-order chi connectivity index (χ1) is 7.99. The second kappa shape index (κ2) is 3.19. The van der Waals surface area contributed by atoms with Gasteiger partial charge in [0.2, 0.25) is 5.78 Å². The lowest BCUT2D eigenvalue weighted by atomic mass is 10.1. The zero-order valence-electron chi connectivity index (χ0n) is 9.79. The molecule has 0 spiro atoms. The van der Waals surface area contributed by atoms with E-state index in [9.17, 15) is 9.18 Å². The van der Waals surface area contributed by atoms with Gasteiger partial charge in [0.25, 0.3) is 0 Å². The smallest absolute Gasteiger partial charge is 0.201 e. The highest BCUT2D eigenvalue weighted by atomic mass is 19.1. The quantitative estimate of drug-likeness (QED) is 0.737. The number of hydrogen-bond acceptors (Lipinski definition) is 2. The van der Waals surface area contributed by atoms with Crippen LogP contribution in [-0.2, 0) is 0 Å². The summed E-state index contributed by atoms with van der Waals surface area (Å²) in [6.07, 6.45) is 0.880. The minimum atomic E-state index is -0.420. The molecule has 0 aliphatic heterocycles.